The van der Waals surface area contributed by atoms with E-state index in [9.17, 15) is 4.79 Å². The quantitative estimate of drug-likeness (QED) is 0.777. The highest BCUT2D eigenvalue weighted by Gasteiger charge is 2.07. The van der Waals surface area contributed by atoms with Crippen molar-refractivity contribution in [2.24, 2.45) is 0 Å². The first-order valence-electron chi connectivity index (χ1n) is 7.03. The molecule has 112 valence electrons. The van der Waals surface area contributed by atoms with Crippen LogP contribution < -0.4 is 10.1 Å². The molecule has 0 aliphatic heterocycles. The molecule has 0 aliphatic carbocycles. The van der Waals surface area contributed by atoms with E-state index >= 15 is 0 Å². The maximum Gasteiger partial charge on any atom is 0.228 e. The Labute approximate surface area is 128 Å². The molecule has 0 aliphatic rings. The van der Waals surface area contributed by atoms with E-state index in [0.717, 1.165) is 28.1 Å². The van der Waals surface area contributed by atoms with Crippen molar-refractivity contribution < 1.29 is 9.53 Å². The number of anilines is 1. The monoisotopic (exact) mass is 295 g/mol. The van der Waals surface area contributed by atoms with Crippen LogP contribution in [0.1, 0.15) is 11.4 Å². The first kappa shape index (κ1) is 14.1. The SMILES string of the molecule is COc1cccc(NC(=O)Cc2ccc3nc(C)[nH]c3c2)c1. The van der Waals surface area contributed by atoms with Crippen LogP contribution in [0.5, 0.6) is 5.75 Å². The number of carbonyl (C=O) groups excluding carboxylic acids is 1. The minimum atomic E-state index is -0.0659. The summed E-state index contributed by atoms with van der Waals surface area (Å²) in [5, 5.41) is 2.87. The summed E-state index contributed by atoms with van der Waals surface area (Å²) in [6.45, 7) is 1.91. The van der Waals surface area contributed by atoms with Gasteiger partial charge in [-0.2, -0.15) is 0 Å². The molecule has 0 bridgehead atoms. The lowest BCUT2D eigenvalue weighted by atomic mass is 10.1. The minimum absolute atomic E-state index is 0.0659. The number of fused-ring (bicyclic) bond motifs is 1. The maximum atomic E-state index is 12.1. The smallest absolute Gasteiger partial charge is 0.228 e. The first-order chi connectivity index (χ1) is 10.6. The van der Waals surface area contributed by atoms with Gasteiger partial charge in [0.2, 0.25) is 5.91 Å². The van der Waals surface area contributed by atoms with Gasteiger partial charge in [-0.3, -0.25) is 4.79 Å². The largest absolute Gasteiger partial charge is 0.497 e. The fraction of sp³-hybridized carbons (Fsp3) is 0.176. The van der Waals surface area contributed by atoms with Gasteiger partial charge in [-0.1, -0.05) is 12.1 Å². The summed E-state index contributed by atoms with van der Waals surface area (Å²) in [5.41, 5.74) is 3.53. The molecule has 1 aromatic heterocycles. The molecule has 0 radical (unpaired) electrons. The Morgan fingerprint density at radius 3 is 2.95 bits per heavy atom. The van der Waals surface area contributed by atoms with Crippen LogP contribution in [0, 0.1) is 6.92 Å². The molecule has 0 spiro atoms. The van der Waals surface area contributed by atoms with Crippen LogP contribution in [-0.2, 0) is 11.2 Å². The van der Waals surface area contributed by atoms with E-state index in [4.69, 9.17) is 4.74 Å². The van der Waals surface area contributed by atoms with Crippen molar-refractivity contribution in [2.45, 2.75) is 13.3 Å². The van der Waals surface area contributed by atoms with Gasteiger partial charge in [0.05, 0.1) is 24.6 Å². The van der Waals surface area contributed by atoms with Gasteiger partial charge in [0.15, 0.2) is 0 Å². The van der Waals surface area contributed by atoms with Crippen LogP contribution in [0.25, 0.3) is 11.0 Å². The topological polar surface area (TPSA) is 67.0 Å². The van der Waals surface area contributed by atoms with Crippen LogP contribution in [0.3, 0.4) is 0 Å². The summed E-state index contributed by atoms with van der Waals surface area (Å²) in [6.07, 6.45) is 0.311. The van der Waals surface area contributed by atoms with E-state index in [1.807, 2.05) is 43.3 Å². The van der Waals surface area contributed by atoms with E-state index in [0.29, 0.717) is 12.2 Å². The number of aromatic nitrogens is 2. The van der Waals surface area contributed by atoms with Gasteiger partial charge >= 0.3 is 0 Å². The first-order valence-corrected chi connectivity index (χ1v) is 7.03. The van der Waals surface area contributed by atoms with Crippen molar-refractivity contribution in [1.82, 2.24) is 9.97 Å². The summed E-state index contributed by atoms with van der Waals surface area (Å²) in [5.74, 6) is 1.52. The summed E-state index contributed by atoms with van der Waals surface area (Å²) >= 11 is 0. The van der Waals surface area contributed by atoms with E-state index in [1.165, 1.54) is 0 Å². The number of nitrogens with zero attached hydrogens (tertiary/aromatic N) is 1. The molecule has 0 saturated carbocycles. The highest BCUT2D eigenvalue weighted by atomic mass is 16.5. The average molecular weight is 295 g/mol. The van der Waals surface area contributed by atoms with Crippen molar-refractivity contribution in [3.63, 3.8) is 0 Å². The van der Waals surface area contributed by atoms with Gasteiger partial charge in [-0.15, -0.1) is 0 Å². The Kier molecular flexibility index (Phi) is 3.78. The number of H-pyrrole nitrogens is 1. The second-order valence-corrected chi connectivity index (χ2v) is 5.13. The predicted molar refractivity (Wildman–Crippen MR) is 86.2 cm³/mol. The van der Waals surface area contributed by atoms with Crippen LogP contribution in [0.15, 0.2) is 42.5 Å². The molecule has 22 heavy (non-hydrogen) atoms. The molecule has 5 heteroatoms. The Balaban J connectivity index is 1.71. The molecule has 3 aromatic rings. The summed E-state index contributed by atoms with van der Waals surface area (Å²) < 4.78 is 5.14. The molecule has 2 aromatic carbocycles. The minimum Gasteiger partial charge on any atom is -0.497 e. The normalized spacial score (nSPS) is 10.6. The van der Waals surface area contributed by atoms with Crippen molar-refractivity contribution in [2.75, 3.05) is 12.4 Å². The third-order valence-corrected chi connectivity index (χ3v) is 3.38. The summed E-state index contributed by atoms with van der Waals surface area (Å²) in [7, 11) is 1.60. The van der Waals surface area contributed by atoms with Gasteiger partial charge in [-0.05, 0) is 36.8 Å². The number of amides is 1. The van der Waals surface area contributed by atoms with E-state index in [2.05, 4.69) is 15.3 Å². The molecule has 3 rings (SSSR count). The van der Waals surface area contributed by atoms with Crippen LogP contribution in [0.2, 0.25) is 0 Å². The Morgan fingerprint density at radius 1 is 1.27 bits per heavy atom. The number of benzene rings is 2. The highest BCUT2D eigenvalue weighted by molar-refractivity contribution is 5.93. The molecule has 1 heterocycles. The number of nitrogens with one attached hydrogen (secondary N) is 2. The fourth-order valence-electron chi connectivity index (χ4n) is 2.39. The zero-order chi connectivity index (χ0) is 15.5. The van der Waals surface area contributed by atoms with Gasteiger partial charge in [0, 0.05) is 11.8 Å². The molecule has 0 saturated heterocycles. The lowest BCUT2D eigenvalue weighted by molar-refractivity contribution is -0.115. The van der Waals surface area contributed by atoms with E-state index < -0.39 is 0 Å². The Morgan fingerprint density at radius 2 is 2.14 bits per heavy atom. The standard InChI is InChI=1S/C17H17N3O2/c1-11-18-15-7-6-12(8-16(15)19-11)9-17(21)20-13-4-3-5-14(10-13)22-2/h3-8,10H,9H2,1-2H3,(H,18,19)(H,20,21). The second-order valence-electron chi connectivity index (χ2n) is 5.13. The van der Waals surface area contributed by atoms with E-state index in [1.54, 1.807) is 13.2 Å². The molecular weight excluding hydrogens is 278 g/mol. The number of imidazole rings is 1. The molecule has 1 amide bonds. The maximum absolute atomic E-state index is 12.1. The lowest BCUT2D eigenvalue weighted by Gasteiger charge is -2.07. The summed E-state index contributed by atoms with van der Waals surface area (Å²) in [4.78, 5) is 19.7. The molecule has 5 nitrogen and oxygen atoms in total. The molecule has 2 N–H and O–H groups in total. The van der Waals surface area contributed by atoms with Crippen molar-refractivity contribution in [1.29, 1.82) is 0 Å². The number of rotatable bonds is 4. The molecular formula is C17H17N3O2. The average Bonchev–Trinajstić information content (AvgIpc) is 2.86. The van der Waals surface area contributed by atoms with E-state index in [-0.39, 0.29) is 5.91 Å². The number of carbonyl (C=O) groups is 1. The number of ether oxygens (including phenoxy) is 1. The summed E-state index contributed by atoms with van der Waals surface area (Å²) in [6, 6.07) is 13.1. The van der Waals surface area contributed by atoms with Crippen LogP contribution in [0.4, 0.5) is 5.69 Å². The van der Waals surface area contributed by atoms with Crippen molar-refractivity contribution in [3.8, 4) is 5.75 Å². The van der Waals surface area contributed by atoms with Crippen LogP contribution >= 0.6 is 0 Å². The number of aryl methyl sites for hydroxylation is 1. The molecule has 0 atom stereocenters. The van der Waals surface area contributed by atoms with Crippen molar-refractivity contribution in [3.05, 3.63) is 53.9 Å². The number of aromatic amines is 1. The fourth-order valence-corrected chi connectivity index (χ4v) is 2.39. The highest BCUT2D eigenvalue weighted by Crippen LogP contribution is 2.18. The Bertz CT molecular complexity index is 824. The third-order valence-electron chi connectivity index (χ3n) is 3.38. The third kappa shape index (κ3) is 3.09. The zero-order valence-corrected chi connectivity index (χ0v) is 12.5. The lowest BCUT2D eigenvalue weighted by Crippen LogP contribution is -2.14. The number of methoxy groups -OCH3 is 1. The van der Waals surface area contributed by atoms with Crippen molar-refractivity contribution >= 4 is 22.6 Å². The number of hydrogen-bond donors (Lipinski definition) is 2. The molecule has 0 unspecified atom stereocenters. The zero-order valence-electron chi connectivity index (χ0n) is 12.5. The van der Waals surface area contributed by atoms with Crippen LogP contribution in [-0.4, -0.2) is 23.0 Å². The molecule has 0 fully saturated rings. The van der Waals surface area contributed by atoms with Gasteiger partial charge < -0.3 is 15.0 Å². The predicted octanol–water partition coefficient (Wildman–Crippen LogP) is 3.06. The second kappa shape index (κ2) is 5.89. The Hall–Kier alpha value is -2.82. The van der Waals surface area contributed by atoms with Gasteiger partial charge in [0.25, 0.3) is 0 Å². The van der Waals surface area contributed by atoms with Gasteiger partial charge in [-0.25, -0.2) is 4.98 Å². The number of hydrogen-bond acceptors (Lipinski definition) is 3. The van der Waals surface area contributed by atoms with Gasteiger partial charge in [0.1, 0.15) is 11.6 Å².